The first-order valence-corrected chi connectivity index (χ1v) is 11.0. The van der Waals surface area contributed by atoms with Crippen molar-refractivity contribution in [1.82, 2.24) is 34.7 Å². The van der Waals surface area contributed by atoms with Crippen molar-refractivity contribution in [3.63, 3.8) is 0 Å². The molecule has 4 rings (SSSR count). The number of nitrogens with zero attached hydrogens (tertiary/aromatic N) is 6. The molecule has 0 aliphatic carbocycles. The number of benzene rings is 1. The molecule has 0 bridgehead atoms. The van der Waals surface area contributed by atoms with Crippen molar-refractivity contribution in [1.29, 1.82) is 0 Å². The van der Waals surface area contributed by atoms with Gasteiger partial charge < -0.3 is 10.2 Å². The van der Waals surface area contributed by atoms with Crippen LogP contribution in [0.15, 0.2) is 36.7 Å². The molecule has 0 atom stereocenters. The van der Waals surface area contributed by atoms with Gasteiger partial charge in [-0.15, -0.1) is 0 Å². The number of carbonyl (C=O) groups excluding carboxylic acids is 2. The molecular weight excluding hydrogens is 406 g/mol. The average Bonchev–Trinajstić information content (AvgIpc) is 3.27. The quantitative estimate of drug-likeness (QED) is 0.598. The fourth-order valence-corrected chi connectivity index (χ4v) is 4.12. The zero-order valence-corrected chi connectivity index (χ0v) is 18.6. The first-order valence-electron chi connectivity index (χ1n) is 11.0. The maximum absolute atomic E-state index is 12.8. The summed E-state index contributed by atoms with van der Waals surface area (Å²) in [5.41, 5.74) is 4.00. The van der Waals surface area contributed by atoms with E-state index in [1.807, 2.05) is 49.1 Å². The van der Waals surface area contributed by atoms with Crippen molar-refractivity contribution in [3.05, 3.63) is 59.2 Å². The van der Waals surface area contributed by atoms with E-state index in [1.165, 1.54) is 6.33 Å². The Morgan fingerprint density at radius 1 is 1.06 bits per heavy atom. The Morgan fingerprint density at radius 2 is 1.81 bits per heavy atom. The van der Waals surface area contributed by atoms with Crippen molar-refractivity contribution >= 4 is 17.6 Å². The summed E-state index contributed by atoms with van der Waals surface area (Å²) in [6.45, 7) is 7.51. The van der Waals surface area contributed by atoms with Gasteiger partial charge in [-0.3, -0.25) is 14.5 Å². The molecule has 1 aliphatic heterocycles. The molecule has 32 heavy (non-hydrogen) atoms. The van der Waals surface area contributed by atoms with Gasteiger partial charge >= 0.3 is 0 Å². The number of rotatable bonds is 7. The van der Waals surface area contributed by atoms with Gasteiger partial charge in [0.05, 0.1) is 6.54 Å². The molecule has 1 fully saturated rings. The number of aryl methyl sites for hydroxylation is 2. The summed E-state index contributed by atoms with van der Waals surface area (Å²) in [5, 5.41) is 7.17. The maximum atomic E-state index is 12.8. The zero-order valence-electron chi connectivity index (χ0n) is 18.6. The Balaban J connectivity index is 1.22. The lowest BCUT2D eigenvalue weighted by Crippen LogP contribution is -2.51. The lowest BCUT2D eigenvalue weighted by molar-refractivity contribution is -0.133. The van der Waals surface area contributed by atoms with Crippen molar-refractivity contribution in [2.45, 2.75) is 33.2 Å². The van der Waals surface area contributed by atoms with Crippen LogP contribution in [0.2, 0.25) is 0 Å². The van der Waals surface area contributed by atoms with Crippen LogP contribution in [0.5, 0.6) is 0 Å². The average molecular weight is 436 g/mol. The van der Waals surface area contributed by atoms with Crippen LogP contribution in [0, 0.1) is 13.8 Å². The van der Waals surface area contributed by atoms with Crippen LogP contribution in [0.4, 0.5) is 0 Å². The highest BCUT2D eigenvalue weighted by Crippen LogP contribution is 2.16. The summed E-state index contributed by atoms with van der Waals surface area (Å²) < 4.78 is 1.72. The van der Waals surface area contributed by atoms with Gasteiger partial charge in [-0.2, -0.15) is 10.1 Å². The molecule has 9 heteroatoms. The van der Waals surface area contributed by atoms with E-state index < -0.39 is 0 Å². The Morgan fingerprint density at radius 3 is 2.56 bits per heavy atom. The number of hydrogen-bond donors (Lipinski definition) is 1. The molecule has 0 saturated carbocycles. The first kappa shape index (κ1) is 21.9. The third kappa shape index (κ3) is 5.11. The van der Waals surface area contributed by atoms with Gasteiger partial charge in [-0.05, 0) is 31.4 Å². The molecular formula is C23H29N7O2. The maximum Gasteiger partial charge on any atom is 0.252 e. The largest absolute Gasteiger partial charge is 0.351 e. The van der Waals surface area contributed by atoms with Gasteiger partial charge in [0.2, 0.25) is 11.8 Å². The van der Waals surface area contributed by atoms with E-state index in [-0.39, 0.29) is 11.8 Å². The number of hydrogen-bond acceptors (Lipinski definition) is 6. The number of nitrogens with one attached hydrogen (secondary N) is 1. The van der Waals surface area contributed by atoms with Crippen LogP contribution >= 0.6 is 0 Å². The van der Waals surface area contributed by atoms with Gasteiger partial charge in [0, 0.05) is 50.5 Å². The Labute approximate surface area is 187 Å². The number of aromatic nitrogens is 4. The molecule has 1 saturated heterocycles. The fourth-order valence-electron chi connectivity index (χ4n) is 4.12. The molecule has 0 unspecified atom stereocenters. The highest BCUT2D eigenvalue weighted by molar-refractivity contribution is 5.78. The van der Waals surface area contributed by atoms with Crippen LogP contribution in [0.1, 0.15) is 28.9 Å². The summed E-state index contributed by atoms with van der Waals surface area (Å²) in [6, 6.07) is 9.87. The van der Waals surface area contributed by atoms with Crippen LogP contribution in [0.25, 0.3) is 5.78 Å². The van der Waals surface area contributed by atoms with E-state index in [9.17, 15) is 9.59 Å². The first-order chi connectivity index (χ1) is 15.5. The van der Waals surface area contributed by atoms with Gasteiger partial charge in [0.25, 0.3) is 5.78 Å². The number of carbonyl (C=O) groups is 2. The monoisotopic (exact) mass is 435 g/mol. The van der Waals surface area contributed by atoms with Crippen molar-refractivity contribution < 1.29 is 9.59 Å². The second-order valence-corrected chi connectivity index (χ2v) is 8.15. The minimum absolute atomic E-state index is 0.00980. The molecule has 2 amide bonds. The topological polar surface area (TPSA) is 95.7 Å². The molecule has 1 N–H and O–H groups in total. The minimum Gasteiger partial charge on any atom is -0.351 e. The Kier molecular flexibility index (Phi) is 6.75. The van der Waals surface area contributed by atoms with Crippen LogP contribution in [-0.2, 0) is 22.6 Å². The van der Waals surface area contributed by atoms with Crippen molar-refractivity contribution in [2.24, 2.45) is 0 Å². The second-order valence-electron chi connectivity index (χ2n) is 8.15. The molecule has 0 spiro atoms. The molecule has 0 radical (unpaired) electrons. The number of piperazine rings is 1. The van der Waals surface area contributed by atoms with E-state index >= 15 is 0 Å². The predicted molar refractivity (Wildman–Crippen MR) is 120 cm³/mol. The van der Waals surface area contributed by atoms with Gasteiger partial charge in [0.1, 0.15) is 6.33 Å². The summed E-state index contributed by atoms with van der Waals surface area (Å²) in [4.78, 5) is 37.6. The van der Waals surface area contributed by atoms with E-state index in [4.69, 9.17) is 0 Å². The standard InChI is InChI=1S/C23H29N7O2/c1-17-20(18(2)30-23(27-17)25-16-26-30)8-9-22(32)29-12-10-28(11-13-29)15-21(31)24-14-19-6-4-3-5-7-19/h3-7,16H,8-15H2,1-2H3,(H,24,31). The van der Waals surface area contributed by atoms with E-state index in [2.05, 4.69) is 25.3 Å². The van der Waals surface area contributed by atoms with Gasteiger partial charge in [0.15, 0.2) is 0 Å². The summed E-state index contributed by atoms with van der Waals surface area (Å²) in [6.07, 6.45) is 2.55. The Hall–Kier alpha value is -3.33. The molecule has 1 aromatic carbocycles. The van der Waals surface area contributed by atoms with E-state index in [1.54, 1.807) is 4.52 Å². The predicted octanol–water partition coefficient (Wildman–Crippen LogP) is 1.13. The molecule has 2 aromatic heterocycles. The fraction of sp³-hybridized carbons (Fsp3) is 0.435. The van der Waals surface area contributed by atoms with Crippen molar-refractivity contribution in [2.75, 3.05) is 32.7 Å². The summed E-state index contributed by atoms with van der Waals surface area (Å²) in [5.74, 6) is 0.727. The minimum atomic E-state index is 0.00980. The van der Waals surface area contributed by atoms with Crippen LogP contribution < -0.4 is 5.32 Å². The van der Waals surface area contributed by atoms with Crippen molar-refractivity contribution in [3.8, 4) is 0 Å². The lowest BCUT2D eigenvalue weighted by Gasteiger charge is -2.34. The lowest BCUT2D eigenvalue weighted by atomic mass is 10.1. The number of amides is 2. The van der Waals surface area contributed by atoms with Crippen LogP contribution in [-0.4, -0.2) is 73.9 Å². The molecule has 3 aromatic rings. The normalized spacial score (nSPS) is 14.6. The van der Waals surface area contributed by atoms with E-state index in [0.717, 1.165) is 22.5 Å². The number of fused-ring (bicyclic) bond motifs is 1. The summed E-state index contributed by atoms with van der Waals surface area (Å²) in [7, 11) is 0. The van der Waals surface area contributed by atoms with E-state index in [0.29, 0.717) is 57.9 Å². The second kappa shape index (κ2) is 9.86. The third-order valence-corrected chi connectivity index (χ3v) is 6.00. The highest BCUT2D eigenvalue weighted by Gasteiger charge is 2.23. The van der Waals surface area contributed by atoms with Gasteiger partial charge in [-0.1, -0.05) is 30.3 Å². The van der Waals surface area contributed by atoms with Gasteiger partial charge in [-0.25, -0.2) is 9.50 Å². The Bertz CT molecular complexity index is 1090. The smallest absolute Gasteiger partial charge is 0.252 e. The molecule has 3 heterocycles. The zero-order chi connectivity index (χ0) is 22.5. The highest BCUT2D eigenvalue weighted by atomic mass is 16.2. The molecule has 168 valence electrons. The van der Waals surface area contributed by atoms with Crippen LogP contribution in [0.3, 0.4) is 0 Å². The SMILES string of the molecule is Cc1nc2ncnn2c(C)c1CCC(=O)N1CCN(CC(=O)NCc2ccccc2)CC1. The molecule has 9 nitrogen and oxygen atoms in total. The molecule has 1 aliphatic rings. The third-order valence-electron chi connectivity index (χ3n) is 6.00. The summed E-state index contributed by atoms with van der Waals surface area (Å²) >= 11 is 0.